The Kier molecular flexibility index (Phi) is 2.36. The van der Waals surface area contributed by atoms with Crippen molar-refractivity contribution in [3.05, 3.63) is 23.8 Å². The Morgan fingerprint density at radius 2 is 2.14 bits per heavy atom. The normalized spacial score (nSPS) is 25.6. The highest BCUT2D eigenvalue weighted by molar-refractivity contribution is 5.58. The van der Waals surface area contributed by atoms with E-state index < -0.39 is 0 Å². The van der Waals surface area contributed by atoms with Gasteiger partial charge >= 0.3 is 0 Å². The van der Waals surface area contributed by atoms with Crippen LogP contribution in [0.15, 0.2) is 18.2 Å². The zero-order valence-electron chi connectivity index (χ0n) is 8.88. The van der Waals surface area contributed by atoms with Crippen molar-refractivity contribution in [3.63, 3.8) is 0 Å². The van der Waals surface area contributed by atoms with Gasteiger partial charge in [0.25, 0.3) is 0 Å². The second-order valence-electron chi connectivity index (χ2n) is 4.38. The van der Waals surface area contributed by atoms with Gasteiger partial charge < -0.3 is 11.1 Å². The summed E-state index contributed by atoms with van der Waals surface area (Å²) in [4.78, 5) is 0. The fourth-order valence-electron chi connectivity index (χ4n) is 1.83. The van der Waals surface area contributed by atoms with Crippen molar-refractivity contribution in [1.82, 2.24) is 0 Å². The standard InChI is InChI=1S/C12H18N2/c1-8-3-5-10(7-11(8)13)14-12-6-4-9(12)2/h3,5,7,9,12,14H,4,6,13H2,1-2H3. The maximum atomic E-state index is 5.85. The van der Waals surface area contributed by atoms with Gasteiger partial charge in [0, 0.05) is 17.4 Å². The third-order valence-electron chi connectivity index (χ3n) is 3.25. The lowest BCUT2D eigenvalue weighted by atomic mass is 9.81. The first-order valence-electron chi connectivity index (χ1n) is 5.29. The predicted octanol–water partition coefficient (Wildman–Crippen LogP) is 2.79. The minimum absolute atomic E-state index is 0.650. The van der Waals surface area contributed by atoms with E-state index in [1.165, 1.54) is 12.8 Å². The van der Waals surface area contributed by atoms with Crippen LogP contribution < -0.4 is 11.1 Å². The fourth-order valence-corrected chi connectivity index (χ4v) is 1.83. The van der Waals surface area contributed by atoms with E-state index in [2.05, 4.69) is 24.4 Å². The Balaban J connectivity index is 2.06. The smallest absolute Gasteiger partial charge is 0.0364 e. The number of hydrogen-bond donors (Lipinski definition) is 2. The Bertz CT molecular complexity index is 333. The number of anilines is 2. The molecule has 1 aliphatic rings. The van der Waals surface area contributed by atoms with Gasteiger partial charge in [-0.2, -0.15) is 0 Å². The quantitative estimate of drug-likeness (QED) is 0.704. The molecule has 76 valence electrons. The van der Waals surface area contributed by atoms with Gasteiger partial charge in [0.2, 0.25) is 0 Å². The van der Waals surface area contributed by atoms with Crippen LogP contribution in [0.3, 0.4) is 0 Å². The summed E-state index contributed by atoms with van der Waals surface area (Å²) in [5.41, 5.74) is 9.03. The zero-order chi connectivity index (χ0) is 10.1. The number of nitrogens with one attached hydrogen (secondary N) is 1. The van der Waals surface area contributed by atoms with Crippen LogP contribution in [0.25, 0.3) is 0 Å². The fraction of sp³-hybridized carbons (Fsp3) is 0.500. The molecular formula is C12H18N2. The molecule has 0 saturated heterocycles. The van der Waals surface area contributed by atoms with Gasteiger partial charge in [0.15, 0.2) is 0 Å². The first-order chi connectivity index (χ1) is 6.66. The van der Waals surface area contributed by atoms with Gasteiger partial charge in [-0.05, 0) is 43.4 Å². The van der Waals surface area contributed by atoms with Crippen molar-refractivity contribution < 1.29 is 0 Å². The Hall–Kier alpha value is -1.18. The molecule has 0 spiro atoms. The lowest BCUT2D eigenvalue weighted by Gasteiger charge is -2.35. The largest absolute Gasteiger partial charge is 0.398 e. The molecule has 3 N–H and O–H groups in total. The van der Waals surface area contributed by atoms with Crippen LogP contribution in [-0.4, -0.2) is 6.04 Å². The molecule has 1 aromatic carbocycles. The van der Waals surface area contributed by atoms with Crippen molar-refractivity contribution in [2.24, 2.45) is 5.92 Å². The third kappa shape index (κ3) is 1.69. The van der Waals surface area contributed by atoms with Gasteiger partial charge in [-0.15, -0.1) is 0 Å². The molecule has 0 bridgehead atoms. The molecule has 14 heavy (non-hydrogen) atoms. The minimum Gasteiger partial charge on any atom is -0.398 e. The van der Waals surface area contributed by atoms with E-state index in [-0.39, 0.29) is 0 Å². The molecule has 1 aromatic rings. The SMILES string of the molecule is Cc1ccc(NC2CCC2C)cc1N. The number of rotatable bonds is 2. The minimum atomic E-state index is 0.650. The van der Waals surface area contributed by atoms with Crippen LogP contribution in [0, 0.1) is 12.8 Å². The van der Waals surface area contributed by atoms with Crippen LogP contribution in [-0.2, 0) is 0 Å². The predicted molar refractivity (Wildman–Crippen MR) is 61.4 cm³/mol. The lowest BCUT2D eigenvalue weighted by molar-refractivity contribution is 0.303. The molecule has 1 fully saturated rings. The zero-order valence-corrected chi connectivity index (χ0v) is 8.88. The van der Waals surface area contributed by atoms with Crippen molar-refractivity contribution in [2.75, 3.05) is 11.1 Å². The van der Waals surface area contributed by atoms with Crippen LogP contribution >= 0.6 is 0 Å². The lowest BCUT2D eigenvalue weighted by Crippen LogP contribution is -2.36. The molecule has 0 radical (unpaired) electrons. The number of nitrogen functional groups attached to an aromatic ring is 1. The Labute approximate surface area is 85.5 Å². The summed E-state index contributed by atoms with van der Waals surface area (Å²) >= 11 is 0. The molecule has 0 amide bonds. The van der Waals surface area contributed by atoms with Gasteiger partial charge in [-0.1, -0.05) is 13.0 Å². The molecule has 2 atom stereocenters. The summed E-state index contributed by atoms with van der Waals surface area (Å²) in [5, 5.41) is 3.52. The molecule has 2 heteroatoms. The molecule has 2 rings (SSSR count). The van der Waals surface area contributed by atoms with Crippen LogP contribution in [0.1, 0.15) is 25.3 Å². The van der Waals surface area contributed by atoms with E-state index in [1.807, 2.05) is 13.0 Å². The summed E-state index contributed by atoms with van der Waals surface area (Å²) < 4.78 is 0. The molecule has 2 unspecified atom stereocenters. The molecule has 0 aromatic heterocycles. The average Bonchev–Trinajstić information content (AvgIpc) is 2.17. The van der Waals surface area contributed by atoms with E-state index in [0.29, 0.717) is 6.04 Å². The third-order valence-corrected chi connectivity index (χ3v) is 3.25. The molecule has 2 nitrogen and oxygen atoms in total. The van der Waals surface area contributed by atoms with Gasteiger partial charge in [0.1, 0.15) is 0 Å². The van der Waals surface area contributed by atoms with Crippen LogP contribution in [0.4, 0.5) is 11.4 Å². The Morgan fingerprint density at radius 3 is 2.64 bits per heavy atom. The van der Waals surface area contributed by atoms with Crippen molar-refractivity contribution in [1.29, 1.82) is 0 Å². The van der Waals surface area contributed by atoms with E-state index in [1.54, 1.807) is 0 Å². The van der Waals surface area contributed by atoms with Crippen LogP contribution in [0.5, 0.6) is 0 Å². The highest BCUT2D eigenvalue weighted by atomic mass is 14.9. The first kappa shape index (κ1) is 9.38. The molecular weight excluding hydrogens is 172 g/mol. The van der Waals surface area contributed by atoms with E-state index >= 15 is 0 Å². The van der Waals surface area contributed by atoms with Crippen molar-refractivity contribution in [3.8, 4) is 0 Å². The molecule has 1 aliphatic carbocycles. The maximum absolute atomic E-state index is 5.85. The monoisotopic (exact) mass is 190 g/mol. The molecule has 1 saturated carbocycles. The number of hydrogen-bond acceptors (Lipinski definition) is 2. The van der Waals surface area contributed by atoms with Crippen molar-refractivity contribution in [2.45, 2.75) is 32.7 Å². The van der Waals surface area contributed by atoms with Crippen molar-refractivity contribution >= 4 is 11.4 Å². The number of benzene rings is 1. The maximum Gasteiger partial charge on any atom is 0.0364 e. The number of nitrogens with two attached hydrogens (primary N) is 1. The van der Waals surface area contributed by atoms with Gasteiger partial charge in [-0.3, -0.25) is 0 Å². The van der Waals surface area contributed by atoms with E-state index in [0.717, 1.165) is 22.9 Å². The topological polar surface area (TPSA) is 38.0 Å². The summed E-state index contributed by atoms with van der Waals surface area (Å²) in [6, 6.07) is 6.86. The highest BCUT2D eigenvalue weighted by Crippen LogP contribution is 2.30. The average molecular weight is 190 g/mol. The van der Waals surface area contributed by atoms with E-state index in [4.69, 9.17) is 5.73 Å². The van der Waals surface area contributed by atoms with Gasteiger partial charge in [0.05, 0.1) is 0 Å². The second-order valence-corrected chi connectivity index (χ2v) is 4.38. The Morgan fingerprint density at radius 1 is 1.36 bits per heavy atom. The summed E-state index contributed by atoms with van der Waals surface area (Å²) in [7, 11) is 0. The summed E-state index contributed by atoms with van der Waals surface area (Å²) in [6.07, 6.45) is 2.63. The van der Waals surface area contributed by atoms with Crippen LogP contribution in [0.2, 0.25) is 0 Å². The van der Waals surface area contributed by atoms with Gasteiger partial charge in [-0.25, -0.2) is 0 Å². The molecule has 0 heterocycles. The summed E-state index contributed by atoms with van der Waals surface area (Å²) in [6.45, 7) is 4.32. The number of aryl methyl sites for hydroxylation is 1. The summed E-state index contributed by atoms with van der Waals surface area (Å²) in [5.74, 6) is 0.803. The highest BCUT2D eigenvalue weighted by Gasteiger charge is 2.26. The first-order valence-corrected chi connectivity index (χ1v) is 5.29. The molecule has 0 aliphatic heterocycles. The second kappa shape index (κ2) is 3.52. The van der Waals surface area contributed by atoms with E-state index in [9.17, 15) is 0 Å².